The Bertz CT molecular complexity index is 419. The zero-order chi connectivity index (χ0) is 15.2. The second-order valence-corrected chi connectivity index (χ2v) is 8.16. The molecule has 1 heterocycles. The molecule has 1 N–H and O–H groups in total. The van der Waals surface area contributed by atoms with Crippen molar-refractivity contribution in [2.45, 2.75) is 72.5 Å². The predicted molar refractivity (Wildman–Crippen MR) is 93.9 cm³/mol. The fourth-order valence-corrected chi connectivity index (χ4v) is 4.33. The van der Waals surface area contributed by atoms with Crippen molar-refractivity contribution in [2.75, 3.05) is 13.1 Å². The Morgan fingerprint density at radius 2 is 2.05 bits per heavy atom. The molecular formula is C18H32N2S. The lowest BCUT2D eigenvalue weighted by molar-refractivity contribution is 0.200. The Kier molecular flexibility index (Phi) is 6.72. The zero-order valence-electron chi connectivity index (χ0n) is 14.2. The molecule has 2 rings (SSSR count). The van der Waals surface area contributed by atoms with E-state index in [1.165, 1.54) is 42.0 Å². The predicted octanol–water partition coefficient (Wildman–Crippen LogP) is 4.57. The van der Waals surface area contributed by atoms with E-state index in [-0.39, 0.29) is 0 Å². The summed E-state index contributed by atoms with van der Waals surface area (Å²) < 4.78 is 0. The molecule has 0 radical (unpaired) electrons. The highest BCUT2D eigenvalue weighted by atomic mass is 32.1. The SMILES string of the molecule is CCN(Cc1cc(CNCC(C)C)sc1C)C1CCCC1. The van der Waals surface area contributed by atoms with Crippen molar-refractivity contribution in [1.82, 2.24) is 10.2 Å². The quantitative estimate of drug-likeness (QED) is 0.757. The van der Waals surface area contributed by atoms with Gasteiger partial charge >= 0.3 is 0 Å². The van der Waals surface area contributed by atoms with E-state index in [2.05, 4.69) is 44.0 Å². The molecule has 0 aromatic carbocycles. The molecule has 0 atom stereocenters. The van der Waals surface area contributed by atoms with Crippen molar-refractivity contribution in [1.29, 1.82) is 0 Å². The maximum atomic E-state index is 3.56. The van der Waals surface area contributed by atoms with E-state index >= 15 is 0 Å². The van der Waals surface area contributed by atoms with Gasteiger partial charge in [-0.3, -0.25) is 4.90 Å². The summed E-state index contributed by atoms with van der Waals surface area (Å²) in [5, 5.41) is 3.56. The van der Waals surface area contributed by atoms with E-state index in [1.54, 1.807) is 5.56 Å². The fraction of sp³-hybridized carbons (Fsp3) is 0.778. The lowest BCUT2D eigenvalue weighted by Crippen LogP contribution is -2.32. The molecule has 1 fully saturated rings. The van der Waals surface area contributed by atoms with E-state index < -0.39 is 0 Å². The summed E-state index contributed by atoms with van der Waals surface area (Å²) in [6.45, 7) is 13.6. The van der Waals surface area contributed by atoms with Gasteiger partial charge in [-0.2, -0.15) is 0 Å². The molecule has 0 amide bonds. The van der Waals surface area contributed by atoms with Gasteiger partial charge in [-0.15, -0.1) is 11.3 Å². The van der Waals surface area contributed by atoms with Gasteiger partial charge in [-0.1, -0.05) is 33.6 Å². The summed E-state index contributed by atoms with van der Waals surface area (Å²) in [7, 11) is 0. The van der Waals surface area contributed by atoms with Crippen molar-refractivity contribution in [2.24, 2.45) is 5.92 Å². The number of nitrogens with zero attached hydrogens (tertiary/aromatic N) is 1. The second kappa shape index (κ2) is 8.30. The third kappa shape index (κ3) is 5.08. The highest BCUT2D eigenvalue weighted by molar-refractivity contribution is 7.12. The highest BCUT2D eigenvalue weighted by Gasteiger charge is 2.22. The van der Waals surface area contributed by atoms with Crippen LogP contribution in [0.25, 0.3) is 0 Å². The van der Waals surface area contributed by atoms with E-state index in [0.29, 0.717) is 0 Å². The van der Waals surface area contributed by atoms with Crippen molar-refractivity contribution < 1.29 is 0 Å². The van der Waals surface area contributed by atoms with Gasteiger partial charge in [-0.25, -0.2) is 0 Å². The maximum Gasteiger partial charge on any atom is 0.0300 e. The molecule has 0 spiro atoms. The van der Waals surface area contributed by atoms with Crippen LogP contribution in [0, 0.1) is 12.8 Å². The van der Waals surface area contributed by atoms with Crippen LogP contribution in [0.15, 0.2) is 6.07 Å². The first-order chi connectivity index (χ1) is 10.1. The van der Waals surface area contributed by atoms with E-state index in [1.807, 2.05) is 11.3 Å². The summed E-state index contributed by atoms with van der Waals surface area (Å²) in [4.78, 5) is 5.69. The molecule has 3 heteroatoms. The molecule has 1 aliphatic rings. The van der Waals surface area contributed by atoms with Crippen LogP contribution in [0.1, 0.15) is 61.8 Å². The van der Waals surface area contributed by atoms with Crippen molar-refractivity contribution >= 4 is 11.3 Å². The van der Waals surface area contributed by atoms with Gasteiger partial charge in [0.2, 0.25) is 0 Å². The molecule has 21 heavy (non-hydrogen) atoms. The van der Waals surface area contributed by atoms with E-state index in [0.717, 1.165) is 31.6 Å². The highest BCUT2D eigenvalue weighted by Crippen LogP contribution is 2.28. The third-order valence-electron chi connectivity index (χ3n) is 4.54. The zero-order valence-corrected chi connectivity index (χ0v) is 15.1. The molecule has 1 saturated carbocycles. The normalized spacial score (nSPS) is 16.5. The van der Waals surface area contributed by atoms with Crippen LogP contribution in [0.3, 0.4) is 0 Å². The smallest absolute Gasteiger partial charge is 0.0300 e. The number of rotatable bonds is 8. The second-order valence-electron chi connectivity index (χ2n) is 6.82. The topological polar surface area (TPSA) is 15.3 Å². The molecule has 0 saturated heterocycles. The first kappa shape index (κ1) is 17.0. The number of hydrogen-bond acceptors (Lipinski definition) is 3. The van der Waals surface area contributed by atoms with E-state index in [4.69, 9.17) is 0 Å². The standard InChI is InChI=1S/C18H32N2S/c1-5-20(17-8-6-7-9-17)13-16-10-18(21-15(16)4)12-19-11-14(2)3/h10,14,17,19H,5-9,11-13H2,1-4H3. The monoisotopic (exact) mass is 308 g/mol. The van der Waals surface area contributed by atoms with Crippen LogP contribution in [0.2, 0.25) is 0 Å². The van der Waals surface area contributed by atoms with Gasteiger partial charge in [-0.05, 0) is 50.4 Å². The third-order valence-corrected chi connectivity index (χ3v) is 5.64. The average Bonchev–Trinajstić information content (AvgIpc) is 3.06. The lowest BCUT2D eigenvalue weighted by Gasteiger charge is -2.27. The Morgan fingerprint density at radius 3 is 2.67 bits per heavy atom. The molecule has 1 aromatic rings. The Labute approximate surface area is 134 Å². The minimum Gasteiger partial charge on any atom is -0.312 e. The Balaban J connectivity index is 1.91. The van der Waals surface area contributed by atoms with Crippen molar-refractivity contribution in [3.05, 3.63) is 21.4 Å². The summed E-state index contributed by atoms with van der Waals surface area (Å²) in [5.41, 5.74) is 1.55. The molecule has 120 valence electrons. The summed E-state index contributed by atoms with van der Waals surface area (Å²) in [5.74, 6) is 0.725. The molecule has 0 aliphatic heterocycles. The van der Waals surface area contributed by atoms with Crippen LogP contribution in [0.5, 0.6) is 0 Å². The Morgan fingerprint density at radius 1 is 1.33 bits per heavy atom. The number of nitrogens with one attached hydrogen (secondary N) is 1. The summed E-state index contributed by atoms with van der Waals surface area (Å²) in [6, 6.07) is 3.27. The summed E-state index contributed by atoms with van der Waals surface area (Å²) in [6.07, 6.45) is 5.65. The van der Waals surface area contributed by atoms with Gasteiger partial charge in [0.05, 0.1) is 0 Å². The fourth-order valence-electron chi connectivity index (χ4n) is 3.30. The van der Waals surface area contributed by atoms with Crippen LogP contribution in [-0.2, 0) is 13.1 Å². The molecule has 0 unspecified atom stereocenters. The number of aryl methyl sites for hydroxylation is 1. The van der Waals surface area contributed by atoms with Gasteiger partial charge < -0.3 is 5.32 Å². The first-order valence-electron chi connectivity index (χ1n) is 8.63. The average molecular weight is 309 g/mol. The summed E-state index contributed by atoms with van der Waals surface area (Å²) >= 11 is 1.97. The van der Waals surface area contributed by atoms with Crippen LogP contribution < -0.4 is 5.32 Å². The first-order valence-corrected chi connectivity index (χ1v) is 9.44. The minimum absolute atomic E-state index is 0.725. The number of hydrogen-bond donors (Lipinski definition) is 1. The van der Waals surface area contributed by atoms with Crippen LogP contribution in [0.4, 0.5) is 0 Å². The Hall–Kier alpha value is -0.380. The molecule has 1 aliphatic carbocycles. The molecular weight excluding hydrogens is 276 g/mol. The van der Waals surface area contributed by atoms with Gasteiger partial charge in [0.1, 0.15) is 0 Å². The maximum absolute atomic E-state index is 3.56. The van der Waals surface area contributed by atoms with Crippen molar-refractivity contribution in [3.63, 3.8) is 0 Å². The molecule has 0 bridgehead atoms. The molecule has 2 nitrogen and oxygen atoms in total. The van der Waals surface area contributed by atoms with Crippen LogP contribution >= 0.6 is 11.3 Å². The van der Waals surface area contributed by atoms with Gasteiger partial charge in [0.25, 0.3) is 0 Å². The van der Waals surface area contributed by atoms with Gasteiger partial charge in [0, 0.05) is 28.9 Å². The van der Waals surface area contributed by atoms with Crippen molar-refractivity contribution in [3.8, 4) is 0 Å². The minimum atomic E-state index is 0.725. The van der Waals surface area contributed by atoms with Crippen LogP contribution in [-0.4, -0.2) is 24.0 Å². The largest absolute Gasteiger partial charge is 0.312 e. The van der Waals surface area contributed by atoms with Gasteiger partial charge in [0.15, 0.2) is 0 Å². The lowest BCUT2D eigenvalue weighted by atomic mass is 10.1. The number of thiophene rings is 1. The van der Waals surface area contributed by atoms with E-state index in [9.17, 15) is 0 Å². The molecule has 1 aromatic heterocycles.